The van der Waals surface area contributed by atoms with Crippen molar-refractivity contribution in [2.24, 2.45) is 0 Å². The molecule has 160 valence electrons. The maximum Gasteiger partial charge on any atom is 0.277 e. The summed E-state index contributed by atoms with van der Waals surface area (Å²) in [4.78, 5) is 25.4. The molecule has 1 heterocycles. The first-order valence-electron chi connectivity index (χ1n) is 9.77. The molecular weight excluding hydrogens is 446 g/mol. The molecule has 0 aliphatic heterocycles. The summed E-state index contributed by atoms with van der Waals surface area (Å²) in [5.41, 5.74) is 2.29. The minimum atomic E-state index is -0.303. The molecule has 0 atom stereocenters. The van der Waals surface area contributed by atoms with Gasteiger partial charge in [-0.25, -0.2) is 0 Å². The number of benzene rings is 3. The van der Waals surface area contributed by atoms with Gasteiger partial charge >= 0.3 is 0 Å². The smallest absolute Gasteiger partial charge is 0.277 e. The molecule has 4 aromatic rings. The number of carbonyl (C=O) groups excluding carboxylic acids is 2. The zero-order valence-electron chi connectivity index (χ0n) is 16.8. The Bertz CT molecular complexity index is 1230. The van der Waals surface area contributed by atoms with Gasteiger partial charge in [0, 0.05) is 16.1 Å². The first-order chi connectivity index (χ1) is 15.6. The van der Waals surface area contributed by atoms with Crippen molar-refractivity contribution in [2.75, 3.05) is 11.1 Å². The molecule has 0 aliphatic rings. The van der Waals surface area contributed by atoms with Crippen LogP contribution >= 0.6 is 23.4 Å². The molecule has 0 saturated heterocycles. The van der Waals surface area contributed by atoms with E-state index in [1.165, 1.54) is 0 Å². The van der Waals surface area contributed by atoms with Crippen LogP contribution in [0, 0.1) is 0 Å². The number of hydrogen-bond acceptors (Lipinski definition) is 6. The van der Waals surface area contributed by atoms with E-state index in [0.717, 1.165) is 17.3 Å². The predicted octanol–water partition coefficient (Wildman–Crippen LogP) is 5.28. The van der Waals surface area contributed by atoms with Gasteiger partial charge in [-0.2, -0.15) is 0 Å². The molecule has 3 aromatic carbocycles. The average Bonchev–Trinajstić information content (AvgIpc) is 3.27. The quantitative estimate of drug-likeness (QED) is 0.283. The lowest BCUT2D eigenvalue weighted by atomic mass is 10.0. The third-order valence-electron chi connectivity index (χ3n) is 4.51. The second kappa shape index (κ2) is 10.3. The van der Waals surface area contributed by atoms with E-state index >= 15 is 0 Å². The number of ketones is 1. The fraction of sp³-hybridized carbons (Fsp3) is 0.0833. The molecule has 6 nitrogen and oxygen atoms in total. The summed E-state index contributed by atoms with van der Waals surface area (Å²) >= 11 is 7.22. The second-order valence-electron chi connectivity index (χ2n) is 6.85. The van der Waals surface area contributed by atoms with Gasteiger partial charge in [0.25, 0.3) is 5.22 Å². The zero-order valence-corrected chi connectivity index (χ0v) is 18.4. The second-order valence-corrected chi connectivity index (χ2v) is 8.21. The molecule has 0 spiro atoms. The van der Waals surface area contributed by atoms with Crippen LogP contribution in [0.15, 0.2) is 88.5 Å². The summed E-state index contributed by atoms with van der Waals surface area (Å²) in [6, 6.07) is 23.4. The number of halogens is 1. The first-order valence-corrected chi connectivity index (χ1v) is 11.1. The van der Waals surface area contributed by atoms with Gasteiger partial charge in [-0.3, -0.25) is 9.59 Å². The van der Waals surface area contributed by atoms with Crippen LogP contribution in [0.5, 0.6) is 0 Å². The summed E-state index contributed by atoms with van der Waals surface area (Å²) in [5, 5.41) is 11.5. The lowest BCUT2D eigenvalue weighted by Gasteiger charge is -2.11. The van der Waals surface area contributed by atoms with Crippen molar-refractivity contribution >= 4 is 40.7 Å². The summed E-state index contributed by atoms with van der Waals surface area (Å²) in [6.45, 7) is 0. The Morgan fingerprint density at radius 1 is 0.938 bits per heavy atom. The van der Waals surface area contributed by atoms with Gasteiger partial charge in [0.15, 0.2) is 5.78 Å². The van der Waals surface area contributed by atoms with Crippen LogP contribution in [-0.2, 0) is 11.2 Å². The molecule has 0 bridgehead atoms. The normalized spacial score (nSPS) is 10.7. The number of anilines is 1. The van der Waals surface area contributed by atoms with Crippen molar-refractivity contribution in [1.82, 2.24) is 10.2 Å². The molecule has 0 aliphatic carbocycles. The Hall–Kier alpha value is -3.42. The van der Waals surface area contributed by atoms with E-state index in [0.29, 0.717) is 39.4 Å². The Morgan fingerprint density at radius 3 is 2.41 bits per heavy atom. The molecule has 0 fully saturated rings. The average molecular weight is 464 g/mol. The van der Waals surface area contributed by atoms with Crippen molar-refractivity contribution in [3.05, 3.63) is 106 Å². The van der Waals surface area contributed by atoms with Crippen LogP contribution in [0.1, 0.15) is 27.4 Å². The third-order valence-corrected chi connectivity index (χ3v) is 5.56. The van der Waals surface area contributed by atoms with E-state index in [1.54, 1.807) is 42.5 Å². The Kier molecular flexibility index (Phi) is 6.99. The van der Waals surface area contributed by atoms with Gasteiger partial charge in [0.05, 0.1) is 17.9 Å². The Balaban J connectivity index is 1.39. The van der Waals surface area contributed by atoms with E-state index in [-0.39, 0.29) is 17.4 Å². The monoisotopic (exact) mass is 463 g/mol. The molecule has 1 aromatic heterocycles. The number of nitrogens with zero attached hydrogens (tertiary/aromatic N) is 2. The number of nitrogens with one attached hydrogen (secondary N) is 1. The maximum atomic E-state index is 12.9. The Morgan fingerprint density at radius 2 is 1.66 bits per heavy atom. The van der Waals surface area contributed by atoms with Crippen LogP contribution in [-0.4, -0.2) is 27.6 Å². The number of hydrogen-bond donors (Lipinski definition) is 1. The molecule has 0 unspecified atom stereocenters. The molecule has 8 heteroatoms. The fourth-order valence-electron chi connectivity index (χ4n) is 3.01. The highest BCUT2D eigenvalue weighted by Gasteiger charge is 2.17. The highest BCUT2D eigenvalue weighted by atomic mass is 35.5. The van der Waals surface area contributed by atoms with E-state index in [1.807, 2.05) is 36.4 Å². The van der Waals surface area contributed by atoms with Gasteiger partial charge in [0.2, 0.25) is 11.8 Å². The number of rotatable bonds is 8. The Labute approximate surface area is 194 Å². The summed E-state index contributed by atoms with van der Waals surface area (Å²) < 4.78 is 5.61. The van der Waals surface area contributed by atoms with E-state index in [4.69, 9.17) is 16.0 Å². The van der Waals surface area contributed by atoms with Crippen molar-refractivity contribution in [3.63, 3.8) is 0 Å². The summed E-state index contributed by atoms with van der Waals surface area (Å²) in [6.07, 6.45) is 0.524. The molecular formula is C24H18ClN3O3S. The lowest BCUT2D eigenvalue weighted by Crippen LogP contribution is -2.17. The number of amides is 1. The van der Waals surface area contributed by atoms with Crippen molar-refractivity contribution < 1.29 is 14.0 Å². The van der Waals surface area contributed by atoms with Crippen LogP contribution in [0.25, 0.3) is 0 Å². The molecule has 1 amide bonds. The van der Waals surface area contributed by atoms with Crippen LogP contribution in [0.3, 0.4) is 0 Å². The van der Waals surface area contributed by atoms with Crippen LogP contribution in [0.2, 0.25) is 5.02 Å². The van der Waals surface area contributed by atoms with Gasteiger partial charge in [-0.15, -0.1) is 10.2 Å². The minimum absolute atomic E-state index is 0.0502. The summed E-state index contributed by atoms with van der Waals surface area (Å²) in [5.74, 6) is 0.00230. The molecule has 4 rings (SSSR count). The van der Waals surface area contributed by atoms with Crippen LogP contribution < -0.4 is 5.32 Å². The first kappa shape index (κ1) is 21.8. The van der Waals surface area contributed by atoms with E-state index < -0.39 is 0 Å². The van der Waals surface area contributed by atoms with E-state index in [2.05, 4.69) is 15.5 Å². The van der Waals surface area contributed by atoms with Crippen molar-refractivity contribution in [1.29, 1.82) is 0 Å². The fourth-order valence-corrected chi connectivity index (χ4v) is 3.76. The molecule has 1 N–H and O–H groups in total. The highest BCUT2D eigenvalue weighted by molar-refractivity contribution is 7.99. The van der Waals surface area contributed by atoms with Crippen LogP contribution in [0.4, 0.5) is 5.69 Å². The topological polar surface area (TPSA) is 85.1 Å². The van der Waals surface area contributed by atoms with Gasteiger partial charge in [-0.1, -0.05) is 84.0 Å². The highest BCUT2D eigenvalue weighted by Crippen LogP contribution is 2.25. The largest absolute Gasteiger partial charge is 0.416 e. The van der Waals surface area contributed by atoms with Gasteiger partial charge in [0.1, 0.15) is 0 Å². The molecule has 32 heavy (non-hydrogen) atoms. The van der Waals surface area contributed by atoms with E-state index in [9.17, 15) is 9.59 Å². The number of carbonyl (C=O) groups is 2. The zero-order chi connectivity index (χ0) is 22.3. The van der Waals surface area contributed by atoms with Crippen molar-refractivity contribution in [2.45, 2.75) is 11.6 Å². The lowest BCUT2D eigenvalue weighted by molar-refractivity contribution is -0.113. The predicted molar refractivity (Wildman–Crippen MR) is 124 cm³/mol. The SMILES string of the molecule is O=C(CSc1nnc(Cc2ccccc2)o1)Nc1ccc(Cl)cc1C(=O)c1ccccc1. The third kappa shape index (κ3) is 5.63. The minimum Gasteiger partial charge on any atom is -0.416 e. The van der Waals surface area contributed by atoms with Gasteiger partial charge in [-0.05, 0) is 23.8 Å². The van der Waals surface area contributed by atoms with Crippen molar-refractivity contribution in [3.8, 4) is 0 Å². The van der Waals surface area contributed by atoms with Gasteiger partial charge < -0.3 is 9.73 Å². The number of thioether (sulfide) groups is 1. The molecule has 0 radical (unpaired) electrons. The number of aromatic nitrogens is 2. The molecule has 0 saturated carbocycles. The standard InChI is InChI=1S/C24H18ClN3O3S/c25-18-11-12-20(19(14-18)23(30)17-9-5-2-6-10-17)26-21(29)15-32-24-28-27-22(31-24)13-16-7-3-1-4-8-16/h1-12,14H,13,15H2,(H,26,29). The maximum absolute atomic E-state index is 12.9. The summed E-state index contributed by atoms with van der Waals surface area (Å²) in [7, 11) is 0.